The smallest absolute Gasteiger partial charge is 0.0948 e. The molecule has 0 aliphatic carbocycles. The molecule has 1 aliphatic heterocycles. The molecule has 3 rings (SSSR count). The lowest BCUT2D eigenvalue weighted by molar-refractivity contribution is 0.608. The Morgan fingerprint density at radius 2 is 2.50 bits per heavy atom. The molecule has 1 saturated heterocycles. The second-order valence-electron chi connectivity index (χ2n) is 4.81. The quantitative estimate of drug-likeness (QED) is 0.916. The molecular weight excluding hydrogens is 244 g/mol. The van der Waals surface area contributed by atoms with Crippen LogP contribution in [0.1, 0.15) is 28.7 Å². The van der Waals surface area contributed by atoms with Crippen LogP contribution in [0.3, 0.4) is 0 Å². The first kappa shape index (κ1) is 11.9. The summed E-state index contributed by atoms with van der Waals surface area (Å²) in [5.41, 5.74) is 2.56. The molecular formula is C13H18N4S. The largest absolute Gasteiger partial charge is 0.334 e. The van der Waals surface area contributed by atoms with E-state index in [1.807, 2.05) is 12.5 Å². The van der Waals surface area contributed by atoms with E-state index in [1.165, 1.54) is 17.8 Å². The summed E-state index contributed by atoms with van der Waals surface area (Å²) in [6.45, 7) is 5.25. The minimum absolute atomic E-state index is 0.629. The van der Waals surface area contributed by atoms with Crippen molar-refractivity contribution in [3.8, 4) is 0 Å². The van der Waals surface area contributed by atoms with E-state index in [-0.39, 0.29) is 0 Å². The van der Waals surface area contributed by atoms with Crippen LogP contribution in [0.2, 0.25) is 0 Å². The second-order valence-corrected chi connectivity index (χ2v) is 5.87. The van der Waals surface area contributed by atoms with Crippen molar-refractivity contribution in [1.29, 1.82) is 0 Å². The van der Waals surface area contributed by atoms with Crippen LogP contribution in [0.25, 0.3) is 0 Å². The number of aryl methyl sites for hydroxylation is 3. The molecule has 3 heterocycles. The van der Waals surface area contributed by atoms with Crippen molar-refractivity contribution in [2.45, 2.75) is 32.2 Å². The molecule has 1 aliphatic rings. The number of imidazole rings is 1. The molecule has 0 amide bonds. The number of nitrogens with one attached hydrogen (secondary N) is 1. The van der Waals surface area contributed by atoms with Gasteiger partial charge >= 0.3 is 0 Å². The second kappa shape index (κ2) is 5.20. The summed E-state index contributed by atoms with van der Waals surface area (Å²) in [5, 5.41) is 6.72. The van der Waals surface area contributed by atoms with Crippen LogP contribution in [0.4, 0.5) is 0 Å². The van der Waals surface area contributed by atoms with E-state index >= 15 is 0 Å². The van der Waals surface area contributed by atoms with Crippen molar-refractivity contribution >= 4 is 11.3 Å². The zero-order valence-electron chi connectivity index (χ0n) is 10.6. The van der Waals surface area contributed by atoms with Crippen molar-refractivity contribution in [2.75, 3.05) is 13.1 Å². The van der Waals surface area contributed by atoms with Gasteiger partial charge in [0, 0.05) is 42.7 Å². The zero-order chi connectivity index (χ0) is 12.4. The van der Waals surface area contributed by atoms with E-state index in [0.29, 0.717) is 5.92 Å². The maximum atomic E-state index is 4.51. The van der Waals surface area contributed by atoms with Crippen LogP contribution in [-0.4, -0.2) is 27.6 Å². The highest BCUT2D eigenvalue weighted by Gasteiger charge is 2.19. The van der Waals surface area contributed by atoms with Crippen LogP contribution >= 0.6 is 11.3 Å². The van der Waals surface area contributed by atoms with Crippen LogP contribution in [-0.2, 0) is 13.0 Å². The Morgan fingerprint density at radius 3 is 3.22 bits per heavy atom. The van der Waals surface area contributed by atoms with Crippen molar-refractivity contribution < 1.29 is 0 Å². The average molecular weight is 262 g/mol. The highest BCUT2D eigenvalue weighted by atomic mass is 32.1. The molecule has 1 atom stereocenters. The molecule has 2 aromatic rings. The molecule has 0 radical (unpaired) electrons. The third kappa shape index (κ3) is 2.47. The molecule has 0 aromatic carbocycles. The Morgan fingerprint density at radius 1 is 1.56 bits per heavy atom. The fraction of sp³-hybridized carbons (Fsp3) is 0.538. The van der Waals surface area contributed by atoms with Crippen molar-refractivity contribution in [1.82, 2.24) is 19.9 Å². The van der Waals surface area contributed by atoms with E-state index < -0.39 is 0 Å². The van der Waals surface area contributed by atoms with Crippen LogP contribution in [0, 0.1) is 6.92 Å². The van der Waals surface area contributed by atoms with Gasteiger partial charge in [-0.05, 0) is 19.9 Å². The SMILES string of the molecule is Cc1nc(CCn2cncc2C2CCNC2)cs1. The van der Waals surface area contributed by atoms with Crippen molar-refractivity contribution in [3.05, 3.63) is 34.3 Å². The Hall–Kier alpha value is -1.20. The number of thiazole rings is 1. The summed E-state index contributed by atoms with van der Waals surface area (Å²) in [5.74, 6) is 0.629. The molecule has 96 valence electrons. The van der Waals surface area contributed by atoms with Gasteiger partial charge in [0.2, 0.25) is 0 Å². The summed E-state index contributed by atoms with van der Waals surface area (Å²) in [4.78, 5) is 8.81. The van der Waals surface area contributed by atoms with Crippen LogP contribution in [0.5, 0.6) is 0 Å². The molecule has 0 bridgehead atoms. The fourth-order valence-electron chi connectivity index (χ4n) is 2.52. The van der Waals surface area contributed by atoms with E-state index in [4.69, 9.17) is 0 Å². The molecule has 18 heavy (non-hydrogen) atoms. The van der Waals surface area contributed by atoms with Gasteiger partial charge in [0.25, 0.3) is 0 Å². The van der Waals surface area contributed by atoms with E-state index in [9.17, 15) is 0 Å². The highest BCUT2D eigenvalue weighted by molar-refractivity contribution is 7.09. The lowest BCUT2D eigenvalue weighted by Crippen LogP contribution is -2.12. The molecule has 0 saturated carbocycles. The summed E-state index contributed by atoms with van der Waals surface area (Å²) in [6, 6.07) is 0. The normalized spacial score (nSPS) is 19.5. The van der Waals surface area contributed by atoms with Crippen molar-refractivity contribution in [3.63, 3.8) is 0 Å². The first-order valence-corrected chi connectivity index (χ1v) is 7.32. The minimum atomic E-state index is 0.629. The van der Waals surface area contributed by atoms with Gasteiger partial charge in [0.1, 0.15) is 0 Å². The number of nitrogens with zero attached hydrogens (tertiary/aromatic N) is 3. The molecule has 2 aromatic heterocycles. The van der Waals surface area contributed by atoms with Gasteiger partial charge < -0.3 is 9.88 Å². The number of hydrogen-bond acceptors (Lipinski definition) is 4. The average Bonchev–Trinajstić information content (AvgIpc) is 3.07. The third-order valence-corrected chi connectivity index (χ3v) is 4.32. The summed E-state index contributed by atoms with van der Waals surface area (Å²) < 4.78 is 2.28. The standard InChI is InChI=1S/C13H18N4S/c1-10-16-12(8-18-10)3-5-17-9-15-7-13(17)11-2-4-14-6-11/h7-9,11,14H,2-6H2,1H3. The first-order chi connectivity index (χ1) is 8.83. The summed E-state index contributed by atoms with van der Waals surface area (Å²) >= 11 is 1.73. The van der Waals surface area contributed by atoms with E-state index in [2.05, 4.69) is 32.2 Å². The fourth-order valence-corrected chi connectivity index (χ4v) is 3.17. The van der Waals surface area contributed by atoms with Gasteiger partial charge in [-0.15, -0.1) is 11.3 Å². The Bertz CT molecular complexity index is 511. The summed E-state index contributed by atoms with van der Waals surface area (Å²) in [6.07, 6.45) is 6.19. The molecule has 5 heteroatoms. The Balaban J connectivity index is 1.67. The lowest BCUT2D eigenvalue weighted by Gasteiger charge is -2.12. The number of aromatic nitrogens is 3. The molecule has 1 fully saturated rings. The maximum Gasteiger partial charge on any atom is 0.0948 e. The molecule has 1 N–H and O–H groups in total. The van der Waals surface area contributed by atoms with Gasteiger partial charge in [0.05, 0.1) is 17.0 Å². The number of hydrogen-bond donors (Lipinski definition) is 1. The predicted octanol–water partition coefficient (Wildman–Crippen LogP) is 1.97. The first-order valence-electron chi connectivity index (χ1n) is 6.44. The molecule has 1 unspecified atom stereocenters. The highest BCUT2D eigenvalue weighted by Crippen LogP contribution is 2.22. The lowest BCUT2D eigenvalue weighted by atomic mass is 10.1. The Kier molecular flexibility index (Phi) is 3.43. The minimum Gasteiger partial charge on any atom is -0.334 e. The van der Waals surface area contributed by atoms with E-state index in [1.54, 1.807) is 11.3 Å². The van der Waals surface area contributed by atoms with Gasteiger partial charge in [-0.25, -0.2) is 9.97 Å². The van der Waals surface area contributed by atoms with Gasteiger partial charge in [-0.2, -0.15) is 0 Å². The zero-order valence-corrected chi connectivity index (χ0v) is 11.4. The predicted molar refractivity (Wildman–Crippen MR) is 73.0 cm³/mol. The van der Waals surface area contributed by atoms with Gasteiger partial charge in [-0.1, -0.05) is 0 Å². The Labute approximate surface area is 111 Å². The topological polar surface area (TPSA) is 42.7 Å². The monoisotopic (exact) mass is 262 g/mol. The third-order valence-electron chi connectivity index (χ3n) is 3.50. The van der Waals surface area contributed by atoms with Crippen molar-refractivity contribution in [2.24, 2.45) is 0 Å². The number of rotatable bonds is 4. The van der Waals surface area contributed by atoms with E-state index in [0.717, 1.165) is 31.1 Å². The summed E-state index contributed by atoms with van der Waals surface area (Å²) in [7, 11) is 0. The maximum absolute atomic E-state index is 4.51. The van der Waals surface area contributed by atoms with Gasteiger partial charge in [0.15, 0.2) is 0 Å². The van der Waals surface area contributed by atoms with Gasteiger partial charge in [-0.3, -0.25) is 0 Å². The molecule has 4 nitrogen and oxygen atoms in total. The molecule has 0 spiro atoms. The van der Waals surface area contributed by atoms with Crippen LogP contribution < -0.4 is 5.32 Å². The van der Waals surface area contributed by atoms with Crippen LogP contribution in [0.15, 0.2) is 17.9 Å².